The summed E-state index contributed by atoms with van der Waals surface area (Å²) in [6, 6.07) is 6.75. The predicted octanol–water partition coefficient (Wildman–Crippen LogP) is 4.91. The number of aromatic nitrogens is 1. The highest BCUT2D eigenvalue weighted by Crippen LogP contribution is 2.39. The van der Waals surface area contributed by atoms with Crippen molar-refractivity contribution in [2.24, 2.45) is 0 Å². The molecule has 4 heteroatoms. The second-order valence-corrected chi connectivity index (χ2v) is 6.28. The van der Waals surface area contributed by atoms with E-state index in [-0.39, 0.29) is 11.8 Å². The van der Waals surface area contributed by atoms with E-state index in [4.69, 9.17) is 4.74 Å². The Hall–Kier alpha value is -2.23. The molecule has 0 aliphatic heterocycles. The van der Waals surface area contributed by atoms with Crippen LogP contribution in [0.1, 0.15) is 51.0 Å². The van der Waals surface area contributed by atoms with Crippen molar-refractivity contribution in [1.82, 2.24) is 4.98 Å². The summed E-state index contributed by atoms with van der Waals surface area (Å²) in [5.41, 5.74) is 3.93. The van der Waals surface area contributed by atoms with E-state index in [2.05, 4.69) is 4.98 Å². The van der Waals surface area contributed by atoms with Crippen molar-refractivity contribution < 1.29 is 13.9 Å². The topological polar surface area (TPSA) is 39.2 Å². The van der Waals surface area contributed by atoms with E-state index in [0.29, 0.717) is 12.5 Å². The van der Waals surface area contributed by atoms with E-state index in [1.165, 1.54) is 11.6 Å². The number of carbonyl (C=O) groups excluding carboxylic acids is 1. The van der Waals surface area contributed by atoms with Gasteiger partial charge in [-0.15, -0.1) is 0 Å². The third kappa shape index (κ3) is 3.32. The summed E-state index contributed by atoms with van der Waals surface area (Å²) in [5.74, 6) is -0.0651. The number of carbonyl (C=O) groups is 1. The van der Waals surface area contributed by atoms with Gasteiger partial charge in [-0.25, -0.2) is 9.18 Å². The highest BCUT2D eigenvalue weighted by Gasteiger charge is 2.23. The highest BCUT2D eigenvalue weighted by molar-refractivity contribution is 5.88. The minimum absolute atomic E-state index is 0.206. The number of pyridine rings is 1. The molecule has 0 atom stereocenters. The first-order valence-corrected chi connectivity index (χ1v) is 8.50. The first kappa shape index (κ1) is 16.6. The van der Waals surface area contributed by atoms with Crippen molar-refractivity contribution in [1.29, 1.82) is 0 Å². The number of fused-ring (bicyclic) bond motifs is 1. The van der Waals surface area contributed by atoms with Gasteiger partial charge >= 0.3 is 5.97 Å². The molecule has 1 saturated carbocycles. The SMILES string of the molecule is CCOC(=O)C(C)=C1CCC(c2ccnc3ccc(F)cc23)CC1. The molecule has 0 amide bonds. The van der Waals surface area contributed by atoms with Crippen LogP contribution < -0.4 is 0 Å². The second kappa shape index (κ2) is 7.12. The molecule has 3 nitrogen and oxygen atoms in total. The maximum Gasteiger partial charge on any atom is 0.333 e. The van der Waals surface area contributed by atoms with Crippen molar-refractivity contribution in [3.63, 3.8) is 0 Å². The summed E-state index contributed by atoms with van der Waals surface area (Å²) in [4.78, 5) is 16.2. The van der Waals surface area contributed by atoms with Gasteiger partial charge in [-0.05, 0) is 75.3 Å². The Labute approximate surface area is 141 Å². The van der Waals surface area contributed by atoms with Gasteiger partial charge in [0.15, 0.2) is 0 Å². The fraction of sp³-hybridized carbons (Fsp3) is 0.400. The van der Waals surface area contributed by atoms with Crippen molar-refractivity contribution in [2.45, 2.75) is 45.4 Å². The zero-order valence-electron chi connectivity index (χ0n) is 14.1. The number of hydrogen-bond donors (Lipinski definition) is 0. The molecule has 0 bridgehead atoms. The molecule has 0 radical (unpaired) electrons. The average Bonchev–Trinajstić information content (AvgIpc) is 2.61. The Morgan fingerprint density at radius 3 is 2.75 bits per heavy atom. The third-order valence-corrected chi connectivity index (χ3v) is 4.88. The third-order valence-electron chi connectivity index (χ3n) is 4.88. The molecule has 1 fully saturated rings. The molecular formula is C20H22FNO2. The Morgan fingerprint density at radius 2 is 2.04 bits per heavy atom. The maximum atomic E-state index is 13.6. The van der Waals surface area contributed by atoms with E-state index in [1.807, 2.05) is 19.9 Å². The lowest BCUT2D eigenvalue weighted by Gasteiger charge is -2.26. The zero-order chi connectivity index (χ0) is 17.1. The highest BCUT2D eigenvalue weighted by atomic mass is 19.1. The van der Waals surface area contributed by atoms with Gasteiger partial charge in [0.25, 0.3) is 0 Å². The number of ether oxygens (including phenoxy) is 1. The molecule has 1 aromatic heterocycles. The lowest BCUT2D eigenvalue weighted by Crippen LogP contribution is -2.13. The molecule has 0 unspecified atom stereocenters. The smallest absolute Gasteiger partial charge is 0.333 e. The van der Waals surface area contributed by atoms with Gasteiger partial charge in [0.1, 0.15) is 5.82 Å². The van der Waals surface area contributed by atoms with E-state index < -0.39 is 0 Å². The van der Waals surface area contributed by atoms with Gasteiger partial charge in [-0.3, -0.25) is 4.98 Å². The van der Waals surface area contributed by atoms with Crippen LogP contribution in [0, 0.1) is 5.82 Å². The molecule has 0 saturated heterocycles. The normalized spacial score (nSPS) is 17.8. The minimum Gasteiger partial charge on any atom is -0.463 e. The summed E-state index contributed by atoms with van der Waals surface area (Å²) >= 11 is 0. The van der Waals surface area contributed by atoms with Crippen LogP contribution in [0.25, 0.3) is 10.9 Å². The number of hydrogen-bond acceptors (Lipinski definition) is 3. The molecule has 3 rings (SSSR count). The number of benzene rings is 1. The fourth-order valence-corrected chi connectivity index (χ4v) is 3.53. The van der Waals surface area contributed by atoms with Gasteiger partial charge in [0.2, 0.25) is 0 Å². The summed E-state index contributed by atoms with van der Waals surface area (Å²) < 4.78 is 18.7. The van der Waals surface area contributed by atoms with Crippen LogP contribution in [0.2, 0.25) is 0 Å². The van der Waals surface area contributed by atoms with Gasteiger partial charge in [0.05, 0.1) is 12.1 Å². The second-order valence-electron chi connectivity index (χ2n) is 6.28. The predicted molar refractivity (Wildman–Crippen MR) is 92.2 cm³/mol. The van der Waals surface area contributed by atoms with Crippen LogP contribution in [-0.4, -0.2) is 17.6 Å². The van der Waals surface area contributed by atoms with Gasteiger partial charge < -0.3 is 4.74 Å². The number of allylic oxidation sites excluding steroid dienone is 1. The number of rotatable bonds is 3. The van der Waals surface area contributed by atoms with Crippen molar-refractivity contribution in [3.8, 4) is 0 Å². The fourth-order valence-electron chi connectivity index (χ4n) is 3.53. The maximum absolute atomic E-state index is 13.6. The lowest BCUT2D eigenvalue weighted by atomic mass is 9.79. The summed E-state index contributed by atoms with van der Waals surface area (Å²) in [6.45, 7) is 4.08. The molecule has 0 spiro atoms. The van der Waals surface area contributed by atoms with Crippen LogP contribution in [0.3, 0.4) is 0 Å². The van der Waals surface area contributed by atoms with Gasteiger partial charge in [-0.2, -0.15) is 0 Å². The number of nitrogens with zero attached hydrogens (tertiary/aromatic N) is 1. The standard InChI is InChI=1S/C20H22FNO2/c1-3-24-20(23)13(2)14-4-6-15(7-5-14)17-10-11-22-19-9-8-16(21)12-18(17)19/h8-12,15H,3-7H2,1-2H3. The van der Waals surface area contributed by atoms with Crippen molar-refractivity contribution in [3.05, 3.63) is 53.0 Å². The summed E-state index contributed by atoms with van der Waals surface area (Å²) in [6.07, 6.45) is 5.48. The Morgan fingerprint density at radius 1 is 1.29 bits per heavy atom. The zero-order valence-corrected chi connectivity index (χ0v) is 14.1. The minimum atomic E-state index is -0.230. The Bertz CT molecular complexity index is 787. The lowest BCUT2D eigenvalue weighted by molar-refractivity contribution is -0.138. The monoisotopic (exact) mass is 327 g/mol. The van der Waals surface area contributed by atoms with Crippen LogP contribution in [0.15, 0.2) is 41.6 Å². The largest absolute Gasteiger partial charge is 0.463 e. The molecule has 1 aliphatic rings. The first-order chi connectivity index (χ1) is 11.6. The van der Waals surface area contributed by atoms with Crippen molar-refractivity contribution in [2.75, 3.05) is 6.61 Å². The molecule has 1 aromatic carbocycles. The first-order valence-electron chi connectivity index (χ1n) is 8.50. The van der Waals surface area contributed by atoms with E-state index in [9.17, 15) is 9.18 Å². The van der Waals surface area contributed by atoms with E-state index >= 15 is 0 Å². The average molecular weight is 327 g/mol. The van der Waals surface area contributed by atoms with Crippen LogP contribution in [-0.2, 0) is 9.53 Å². The summed E-state index contributed by atoms with van der Waals surface area (Å²) in [5, 5.41) is 0.900. The van der Waals surface area contributed by atoms with Crippen LogP contribution >= 0.6 is 0 Å². The molecular weight excluding hydrogens is 305 g/mol. The molecule has 126 valence electrons. The van der Waals surface area contributed by atoms with E-state index in [0.717, 1.165) is 47.7 Å². The molecule has 0 N–H and O–H groups in total. The summed E-state index contributed by atoms with van der Waals surface area (Å²) in [7, 11) is 0. The number of esters is 1. The Kier molecular flexibility index (Phi) is 4.93. The van der Waals surface area contributed by atoms with Crippen molar-refractivity contribution >= 4 is 16.9 Å². The van der Waals surface area contributed by atoms with Crippen LogP contribution in [0.4, 0.5) is 4.39 Å². The van der Waals surface area contributed by atoms with E-state index in [1.54, 1.807) is 18.3 Å². The Balaban J connectivity index is 1.82. The molecule has 2 aromatic rings. The van der Waals surface area contributed by atoms with Gasteiger partial charge in [-0.1, -0.05) is 5.57 Å². The van der Waals surface area contributed by atoms with Gasteiger partial charge in [0, 0.05) is 17.2 Å². The molecule has 1 aliphatic carbocycles. The molecule has 24 heavy (non-hydrogen) atoms. The van der Waals surface area contributed by atoms with Crippen LogP contribution in [0.5, 0.6) is 0 Å². The quantitative estimate of drug-likeness (QED) is 0.594. The molecule has 1 heterocycles. The number of halogens is 1.